The van der Waals surface area contributed by atoms with Gasteiger partial charge in [0.25, 0.3) is 5.95 Å². The maximum Gasteiger partial charge on any atom is 0.318 e. The van der Waals surface area contributed by atoms with Crippen LogP contribution in [0, 0.1) is 17.0 Å². The van der Waals surface area contributed by atoms with Gasteiger partial charge < -0.3 is 19.6 Å². The SMILES string of the molecule is COc1cccc(C2CCN(c3n[n+](=O)c4cc5c(cc4n3[O-])CCC5)C2)c1C. The van der Waals surface area contributed by atoms with Crippen LogP contribution in [0.2, 0.25) is 0 Å². The highest BCUT2D eigenvalue weighted by Gasteiger charge is 2.30. The number of fused-ring (bicyclic) bond motifs is 2. The third-order valence-electron chi connectivity index (χ3n) is 6.43. The van der Waals surface area contributed by atoms with Gasteiger partial charge in [-0.1, -0.05) is 12.1 Å². The van der Waals surface area contributed by atoms with E-state index in [-0.39, 0.29) is 11.9 Å². The van der Waals surface area contributed by atoms with Crippen LogP contribution in [0.3, 0.4) is 0 Å². The van der Waals surface area contributed by atoms with E-state index >= 15 is 0 Å². The van der Waals surface area contributed by atoms with Gasteiger partial charge in [0.2, 0.25) is 0 Å². The fraction of sp³-hybridized carbons (Fsp3) is 0.409. The van der Waals surface area contributed by atoms with Crippen molar-refractivity contribution in [1.82, 2.24) is 9.83 Å². The number of methoxy groups -OCH3 is 1. The second-order valence-corrected chi connectivity index (χ2v) is 8.04. The molecular weight excluding hydrogens is 368 g/mol. The Morgan fingerprint density at radius 1 is 1.24 bits per heavy atom. The molecule has 1 atom stereocenters. The molecule has 1 aliphatic heterocycles. The fourth-order valence-electron chi connectivity index (χ4n) is 4.88. The van der Waals surface area contributed by atoms with Crippen molar-refractivity contribution in [2.75, 3.05) is 25.1 Å². The summed E-state index contributed by atoms with van der Waals surface area (Å²) in [6, 6.07) is 9.79. The number of hydrogen-bond donors (Lipinski definition) is 0. The zero-order valence-electron chi connectivity index (χ0n) is 16.7. The van der Waals surface area contributed by atoms with Crippen LogP contribution < -0.4 is 14.2 Å². The number of hydrogen-bond acceptors (Lipinski definition) is 5. The maximum absolute atomic E-state index is 13.1. The highest BCUT2D eigenvalue weighted by Crippen LogP contribution is 2.35. The van der Waals surface area contributed by atoms with Gasteiger partial charge >= 0.3 is 5.52 Å². The largest absolute Gasteiger partial charge is 0.803 e. The molecule has 5 rings (SSSR count). The molecule has 7 heteroatoms. The van der Waals surface area contributed by atoms with Crippen LogP contribution in [0.4, 0.5) is 5.95 Å². The predicted molar refractivity (Wildman–Crippen MR) is 111 cm³/mol. The van der Waals surface area contributed by atoms with Gasteiger partial charge in [0.05, 0.1) is 17.1 Å². The molecule has 2 heterocycles. The topological polar surface area (TPSA) is 76.3 Å². The summed E-state index contributed by atoms with van der Waals surface area (Å²) in [4.78, 5) is 14.5. The van der Waals surface area contributed by atoms with E-state index in [9.17, 15) is 10.1 Å². The molecule has 0 amide bonds. The van der Waals surface area contributed by atoms with Gasteiger partial charge in [-0.05, 0) is 67.0 Å². The van der Waals surface area contributed by atoms with Crippen molar-refractivity contribution in [3.05, 3.63) is 62.7 Å². The first-order valence-corrected chi connectivity index (χ1v) is 10.1. The smallest absolute Gasteiger partial charge is 0.318 e. The molecule has 1 aliphatic carbocycles. The summed E-state index contributed by atoms with van der Waals surface area (Å²) in [5.41, 5.74) is 5.43. The first kappa shape index (κ1) is 18.0. The fourth-order valence-corrected chi connectivity index (χ4v) is 4.88. The van der Waals surface area contributed by atoms with Crippen LogP contribution in [0.5, 0.6) is 5.75 Å². The van der Waals surface area contributed by atoms with Crippen molar-refractivity contribution in [2.24, 2.45) is 0 Å². The van der Waals surface area contributed by atoms with Crippen molar-refractivity contribution in [3.8, 4) is 5.75 Å². The minimum Gasteiger partial charge on any atom is -0.803 e. The molecule has 1 unspecified atom stereocenters. The van der Waals surface area contributed by atoms with Gasteiger partial charge in [-0.2, -0.15) is 0 Å². The van der Waals surface area contributed by atoms with Crippen molar-refractivity contribution < 1.29 is 9.28 Å². The van der Waals surface area contributed by atoms with Crippen molar-refractivity contribution >= 4 is 17.0 Å². The molecule has 0 radical (unpaired) electrons. The van der Waals surface area contributed by atoms with Crippen LogP contribution in [-0.4, -0.2) is 30.0 Å². The highest BCUT2D eigenvalue weighted by atomic mass is 16.5. The third-order valence-corrected chi connectivity index (χ3v) is 6.43. The van der Waals surface area contributed by atoms with Gasteiger partial charge in [0, 0.05) is 25.1 Å². The average molecular weight is 392 g/mol. The van der Waals surface area contributed by atoms with E-state index in [1.54, 1.807) is 7.11 Å². The summed E-state index contributed by atoms with van der Waals surface area (Å²) in [6.45, 7) is 3.40. The minimum atomic E-state index is 0.188. The zero-order chi connectivity index (χ0) is 20.1. The summed E-state index contributed by atoms with van der Waals surface area (Å²) >= 11 is 0. The van der Waals surface area contributed by atoms with Gasteiger partial charge in [-0.25, -0.2) is 0 Å². The normalized spacial score (nSPS) is 18.4. The lowest BCUT2D eigenvalue weighted by atomic mass is 9.94. The van der Waals surface area contributed by atoms with E-state index in [4.69, 9.17) is 4.74 Å². The Hall–Kier alpha value is -3.09. The first-order chi connectivity index (χ1) is 14.1. The molecule has 1 saturated heterocycles. The molecule has 0 N–H and O–H groups in total. The van der Waals surface area contributed by atoms with Crippen LogP contribution in [0.25, 0.3) is 11.0 Å². The second-order valence-electron chi connectivity index (χ2n) is 8.04. The first-order valence-electron chi connectivity index (χ1n) is 10.1. The lowest BCUT2D eigenvalue weighted by Crippen LogP contribution is -2.32. The van der Waals surface area contributed by atoms with Crippen LogP contribution >= 0.6 is 0 Å². The molecule has 2 aromatic carbocycles. The molecular formula is C22H24N4O3. The minimum absolute atomic E-state index is 0.188. The van der Waals surface area contributed by atoms with Crippen LogP contribution in [0.1, 0.15) is 41.0 Å². The van der Waals surface area contributed by atoms with E-state index in [1.165, 1.54) is 11.1 Å². The lowest BCUT2D eigenvalue weighted by molar-refractivity contribution is -0.535. The zero-order valence-corrected chi connectivity index (χ0v) is 16.7. The van der Waals surface area contributed by atoms with Crippen LogP contribution in [0.15, 0.2) is 30.3 Å². The number of anilines is 1. The number of benzene rings is 2. The number of aromatic nitrogens is 3. The Morgan fingerprint density at radius 3 is 2.83 bits per heavy atom. The summed E-state index contributed by atoms with van der Waals surface area (Å²) in [5.74, 6) is 1.33. The Morgan fingerprint density at radius 2 is 2.03 bits per heavy atom. The lowest BCUT2D eigenvalue weighted by Gasteiger charge is -2.23. The Labute approximate surface area is 168 Å². The molecule has 0 bridgehead atoms. The molecule has 7 nitrogen and oxygen atoms in total. The van der Waals surface area contributed by atoms with Gasteiger partial charge in [0.15, 0.2) is 4.54 Å². The van der Waals surface area contributed by atoms with Crippen molar-refractivity contribution in [1.29, 1.82) is 0 Å². The average Bonchev–Trinajstić information content (AvgIpc) is 3.39. The second kappa shape index (κ2) is 6.76. The molecule has 2 aliphatic rings. The third kappa shape index (κ3) is 2.84. The van der Waals surface area contributed by atoms with Crippen molar-refractivity contribution in [3.63, 3.8) is 0 Å². The number of rotatable bonds is 3. The molecule has 3 aromatic rings. The van der Waals surface area contributed by atoms with E-state index in [0.717, 1.165) is 47.3 Å². The summed E-state index contributed by atoms with van der Waals surface area (Å²) in [5, 5.41) is 17.2. The quantitative estimate of drug-likeness (QED) is 0.640. The molecule has 0 saturated carbocycles. The maximum atomic E-state index is 13.1. The van der Waals surface area contributed by atoms with Gasteiger partial charge in [-0.15, -0.1) is 0 Å². The predicted octanol–water partition coefficient (Wildman–Crippen LogP) is 3.10. The Kier molecular flexibility index (Phi) is 4.19. The molecule has 1 aromatic heterocycles. The molecule has 29 heavy (non-hydrogen) atoms. The number of nitrogens with zero attached hydrogens (tertiary/aromatic N) is 4. The monoisotopic (exact) mass is 392 g/mol. The van der Waals surface area contributed by atoms with Gasteiger partial charge in [0.1, 0.15) is 11.3 Å². The van der Waals surface area contributed by atoms with E-state index < -0.39 is 0 Å². The summed E-state index contributed by atoms with van der Waals surface area (Å²) < 4.78 is 6.90. The Balaban J connectivity index is 1.52. The molecule has 150 valence electrons. The number of aryl methyl sites for hydroxylation is 2. The standard InChI is InChI=1S/C22H24N4O3/c1-14-18(7-4-8-21(14)29-2)17-9-10-24(13-17)22-23-26(28)20-12-16-6-3-5-15(16)11-19(20)25(22)27/h4,7-8,11-12,17H,3,5-6,9-10,13H2,1-2H3. The highest BCUT2D eigenvalue weighted by molar-refractivity contribution is 5.76. The van der Waals surface area contributed by atoms with E-state index in [1.807, 2.05) is 29.2 Å². The molecule has 0 spiro atoms. The Bertz CT molecular complexity index is 1170. The van der Waals surface area contributed by atoms with E-state index in [0.29, 0.717) is 28.7 Å². The summed E-state index contributed by atoms with van der Waals surface area (Å²) in [6.07, 6.45) is 3.89. The number of ether oxygens (including phenoxy) is 1. The van der Waals surface area contributed by atoms with Gasteiger partial charge in [-0.3, -0.25) is 0 Å². The van der Waals surface area contributed by atoms with E-state index in [2.05, 4.69) is 18.1 Å². The van der Waals surface area contributed by atoms with Crippen molar-refractivity contribution in [2.45, 2.75) is 38.5 Å². The van der Waals surface area contributed by atoms with Crippen LogP contribution in [-0.2, 0) is 12.8 Å². The summed E-state index contributed by atoms with van der Waals surface area (Å²) in [7, 11) is 1.68. The molecule has 1 fully saturated rings.